The molecular weight excluding hydrogens is 399 g/mol. The Hall–Kier alpha value is -2.23. The van der Waals surface area contributed by atoms with Gasteiger partial charge >= 0.3 is 0 Å². The Labute approximate surface area is 168 Å². The molecule has 0 bridgehead atoms. The lowest BCUT2D eigenvalue weighted by atomic mass is 10.1. The fraction of sp³-hybridized carbons (Fsp3) is 0.450. The summed E-state index contributed by atoms with van der Waals surface area (Å²) in [6.07, 6.45) is -0.439. The summed E-state index contributed by atoms with van der Waals surface area (Å²) in [6.45, 7) is 1.25. The summed E-state index contributed by atoms with van der Waals surface area (Å²) in [5, 5.41) is 18.8. The van der Waals surface area contributed by atoms with Crippen LogP contribution in [-0.2, 0) is 23.5 Å². The molecule has 1 atom stereocenters. The van der Waals surface area contributed by atoms with Crippen LogP contribution in [0.3, 0.4) is 0 Å². The maximum Gasteiger partial charge on any atom is 0.250 e. The first-order valence-corrected chi connectivity index (χ1v) is 10.8. The molecule has 1 fully saturated rings. The van der Waals surface area contributed by atoms with Gasteiger partial charge in [-0.25, -0.2) is 12.8 Å². The average Bonchev–Trinajstić information content (AvgIpc) is 3.44. The van der Waals surface area contributed by atoms with Crippen LogP contribution in [0.4, 0.5) is 10.1 Å². The van der Waals surface area contributed by atoms with Crippen LogP contribution < -0.4 is 10.3 Å². The maximum atomic E-state index is 14.3. The molecule has 1 heterocycles. The Morgan fingerprint density at radius 3 is 2.55 bits per heavy atom. The van der Waals surface area contributed by atoms with E-state index in [1.54, 1.807) is 19.1 Å². The molecule has 0 amide bonds. The van der Waals surface area contributed by atoms with Crippen LogP contribution in [0.15, 0.2) is 35.1 Å². The summed E-state index contributed by atoms with van der Waals surface area (Å²) in [5.41, 5.74) is 1.29. The zero-order chi connectivity index (χ0) is 21.4. The molecule has 1 aliphatic carbocycles. The number of nitrogens with zero attached hydrogens (tertiary/aromatic N) is 1. The summed E-state index contributed by atoms with van der Waals surface area (Å²) in [6, 6.07) is 7.36. The molecule has 0 spiro atoms. The number of aromatic nitrogens is 1. The van der Waals surface area contributed by atoms with E-state index in [-0.39, 0.29) is 24.1 Å². The number of sulfonamides is 1. The largest absolute Gasteiger partial charge is 0.394 e. The first kappa shape index (κ1) is 21.5. The van der Waals surface area contributed by atoms with Crippen LogP contribution in [0, 0.1) is 12.7 Å². The van der Waals surface area contributed by atoms with Gasteiger partial charge in [0.15, 0.2) is 0 Å². The molecule has 0 aliphatic heterocycles. The van der Waals surface area contributed by atoms with Crippen LogP contribution in [0.5, 0.6) is 0 Å². The fourth-order valence-electron chi connectivity index (χ4n) is 3.43. The number of aliphatic hydroxyl groups is 2. The van der Waals surface area contributed by atoms with Crippen molar-refractivity contribution in [2.75, 3.05) is 11.3 Å². The van der Waals surface area contributed by atoms with E-state index in [0.717, 1.165) is 5.56 Å². The highest BCUT2D eigenvalue weighted by molar-refractivity contribution is 7.94. The first-order chi connectivity index (χ1) is 13.6. The number of hydrogen-bond donors (Lipinski definition) is 3. The van der Waals surface area contributed by atoms with Crippen LogP contribution in [0.2, 0.25) is 0 Å². The number of benzene rings is 1. The van der Waals surface area contributed by atoms with Gasteiger partial charge in [-0.2, -0.15) is 0 Å². The van der Waals surface area contributed by atoms with Crippen molar-refractivity contribution >= 4 is 15.7 Å². The monoisotopic (exact) mass is 424 g/mol. The predicted molar refractivity (Wildman–Crippen MR) is 108 cm³/mol. The van der Waals surface area contributed by atoms with Gasteiger partial charge in [0.1, 0.15) is 5.82 Å². The van der Waals surface area contributed by atoms with Crippen molar-refractivity contribution in [1.29, 1.82) is 0 Å². The number of halogens is 1. The SMILES string of the molecule is Cc1ccc(Cc2c(NS(=O)(=O)C3(C[C@H](O)CO)CC3)ccc(=O)n2C)c(F)c1. The summed E-state index contributed by atoms with van der Waals surface area (Å²) in [7, 11) is -2.39. The lowest BCUT2D eigenvalue weighted by Gasteiger charge is -2.22. The van der Waals surface area contributed by atoms with Gasteiger partial charge in [-0.3, -0.25) is 9.52 Å². The van der Waals surface area contributed by atoms with Crippen molar-refractivity contribution in [1.82, 2.24) is 4.57 Å². The summed E-state index contributed by atoms with van der Waals surface area (Å²) < 4.78 is 43.0. The van der Waals surface area contributed by atoms with Crippen molar-refractivity contribution in [3.63, 3.8) is 0 Å². The Bertz CT molecular complexity index is 1080. The Morgan fingerprint density at radius 1 is 1.28 bits per heavy atom. The molecule has 1 saturated carbocycles. The fourth-order valence-corrected chi connectivity index (χ4v) is 5.17. The zero-order valence-electron chi connectivity index (χ0n) is 16.4. The number of rotatable bonds is 8. The molecule has 3 N–H and O–H groups in total. The number of aryl methyl sites for hydroxylation is 1. The average molecular weight is 424 g/mol. The maximum absolute atomic E-state index is 14.3. The van der Waals surface area contributed by atoms with Gasteiger partial charge in [0.2, 0.25) is 10.0 Å². The first-order valence-electron chi connectivity index (χ1n) is 9.34. The number of aliphatic hydroxyl groups excluding tert-OH is 2. The van der Waals surface area contributed by atoms with Gasteiger partial charge < -0.3 is 14.8 Å². The minimum absolute atomic E-state index is 0.0306. The van der Waals surface area contributed by atoms with E-state index in [0.29, 0.717) is 24.1 Å². The van der Waals surface area contributed by atoms with E-state index in [9.17, 15) is 22.7 Å². The normalized spacial score (nSPS) is 16.4. The van der Waals surface area contributed by atoms with E-state index >= 15 is 0 Å². The van der Waals surface area contributed by atoms with Crippen molar-refractivity contribution in [2.24, 2.45) is 7.05 Å². The lowest BCUT2D eigenvalue weighted by molar-refractivity contribution is 0.0858. The molecule has 0 radical (unpaired) electrons. The lowest BCUT2D eigenvalue weighted by Crippen LogP contribution is -2.35. The molecule has 1 aliphatic rings. The van der Waals surface area contributed by atoms with E-state index in [4.69, 9.17) is 5.11 Å². The van der Waals surface area contributed by atoms with Gasteiger partial charge in [0.25, 0.3) is 5.56 Å². The summed E-state index contributed by atoms with van der Waals surface area (Å²) in [5.74, 6) is -0.431. The van der Waals surface area contributed by atoms with Crippen molar-refractivity contribution in [2.45, 2.75) is 43.5 Å². The van der Waals surface area contributed by atoms with Crippen LogP contribution in [0.25, 0.3) is 0 Å². The topological polar surface area (TPSA) is 109 Å². The zero-order valence-corrected chi connectivity index (χ0v) is 17.2. The highest BCUT2D eigenvalue weighted by atomic mass is 32.2. The highest BCUT2D eigenvalue weighted by Crippen LogP contribution is 2.48. The van der Waals surface area contributed by atoms with E-state index < -0.39 is 33.3 Å². The van der Waals surface area contributed by atoms with Crippen molar-refractivity contribution in [3.8, 4) is 0 Å². The van der Waals surface area contributed by atoms with Gasteiger partial charge in [-0.15, -0.1) is 0 Å². The standard InChI is InChI=1S/C20H25FN2O5S/c1-13-3-4-14(16(21)9-13)10-18-17(5-6-19(26)23(18)2)22-29(27,28)20(7-8-20)11-15(25)12-24/h3-6,9,15,22,24-25H,7-8,10-12H2,1-2H3/t15-/m0/s1. The molecule has 0 saturated heterocycles. The second-order valence-electron chi connectivity index (χ2n) is 7.69. The van der Waals surface area contributed by atoms with Crippen molar-refractivity contribution in [3.05, 3.63) is 63.3 Å². The van der Waals surface area contributed by atoms with Gasteiger partial charge in [0, 0.05) is 25.2 Å². The molecule has 1 aromatic heterocycles. The molecular formula is C20H25FN2O5S. The molecule has 9 heteroatoms. The van der Waals surface area contributed by atoms with Crippen LogP contribution in [0.1, 0.15) is 36.1 Å². The predicted octanol–water partition coefficient (Wildman–Crippen LogP) is 1.44. The van der Waals surface area contributed by atoms with Crippen LogP contribution in [-0.4, -0.2) is 40.7 Å². The van der Waals surface area contributed by atoms with Gasteiger partial charge in [0.05, 0.1) is 23.1 Å². The smallest absolute Gasteiger partial charge is 0.250 e. The van der Waals surface area contributed by atoms with Crippen LogP contribution >= 0.6 is 0 Å². The molecule has 29 heavy (non-hydrogen) atoms. The third-order valence-electron chi connectivity index (χ3n) is 5.45. The number of pyridine rings is 1. The van der Waals surface area contributed by atoms with E-state index in [1.807, 2.05) is 0 Å². The minimum Gasteiger partial charge on any atom is -0.394 e. The molecule has 0 unspecified atom stereocenters. The quantitative estimate of drug-likeness (QED) is 0.594. The Balaban J connectivity index is 1.96. The highest BCUT2D eigenvalue weighted by Gasteiger charge is 2.55. The Kier molecular flexibility index (Phi) is 5.84. The minimum atomic E-state index is -3.90. The molecule has 1 aromatic carbocycles. The van der Waals surface area contributed by atoms with Crippen molar-refractivity contribution < 1.29 is 23.0 Å². The molecule has 3 rings (SSSR count). The molecule has 2 aromatic rings. The molecule has 158 valence electrons. The number of anilines is 1. The summed E-state index contributed by atoms with van der Waals surface area (Å²) >= 11 is 0. The van der Waals surface area contributed by atoms with E-state index in [1.165, 1.54) is 29.8 Å². The third kappa shape index (κ3) is 4.36. The second kappa shape index (κ2) is 7.89. The van der Waals surface area contributed by atoms with E-state index in [2.05, 4.69) is 4.72 Å². The third-order valence-corrected chi connectivity index (χ3v) is 7.65. The summed E-state index contributed by atoms with van der Waals surface area (Å²) in [4.78, 5) is 12.1. The molecule has 7 nitrogen and oxygen atoms in total. The number of hydrogen-bond acceptors (Lipinski definition) is 5. The van der Waals surface area contributed by atoms with Gasteiger partial charge in [-0.1, -0.05) is 12.1 Å². The second-order valence-corrected chi connectivity index (χ2v) is 9.77. The number of nitrogens with one attached hydrogen (secondary N) is 1. The Morgan fingerprint density at radius 2 is 1.97 bits per heavy atom. The van der Waals surface area contributed by atoms with Gasteiger partial charge in [-0.05, 0) is 49.4 Å².